The minimum absolute atomic E-state index is 0.0550. The zero-order chi connectivity index (χ0) is 25.4. The molecule has 0 spiro atoms. The molecule has 3 rings (SSSR count). The van der Waals surface area contributed by atoms with Crippen LogP contribution < -0.4 is 19.5 Å². The fourth-order valence-corrected chi connectivity index (χ4v) is 3.99. The first-order valence-electron chi connectivity index (χ1n) is 11.4. The molecular formula is C28H32N2O5. The molecule has 1 unspecified atom stereocenters. The second kappa shape index (κ2) is 11.9. The Morgan fingerprint density at radius 3 is 2.09 bits per heavy atom. The van der Waals surface area contributed by atoms with Crippen LogP contribution in [0, 0.1) is 0 Å². The molecule has 0 radical (unpaired) electrons. The van der Waals surface area contributed by atoms with Crippen LogP contribution >= 0.6 is 0 Å². The van der Waals surface area contributed by atoms with Gasteiger partial charge in [-0.25, -0.2) is 0 Å². The van der Waals surface area contributed by atoms with Crippen LogP contribution in [0.25, 0.3) is 0 Å². The molecular weight excluding hydrogens is 444 g/mol. The lowest BCUT2D eigenvalue weighted by molar-refractivity contribution is -0.133. The number of hydrogen-bond donors (Lipinski definition) is 1. The number of amides is 2. The molecule has 7 nitrogen and oxygen atoms in total. The van der Waals surface area contributed by atoms with Crippen molar-refractivity contribution in [2.45, 2.75) is 32.9 Å². The maximum absolute atomic E-state index is 13.7. The molecule has 35 heavy (non-hydrogen) atoms. The number of hydrogen-bond acceptors (Lipinski definition) is 5. The second-order valence-corrected chi connectivity index (χ2v) is 8.20. The number of rotatable bonds is 10. The Labute approximate surface area is 206 Å². The number of ether oxygens (including phenoxy) is 3. The smallest absolute Gasteiger partial charge is 0.227 e. The quantitative estimate of drug-likeness (QED) is 0.445. The lowest BCUT2D eigenvalue weighted by atomic mass is 10.0. The number of carbonyl (C=O) groups excluding carboxylic acids is 2. The van der Waals surface area contributed by atoms with E-state index in [4.69, 9.17) is 14.2 Å². The molecule has 2 amide bonds. The maximum atomic E-state index is 13.7. The molecule has 3 aromatic carbocycles. The number of methoxy groups -OCH3 is 3. The number of nitrogens with one attached hydrogen (secondary N) is 1. The molecule has 3 aromatic rings. The molecule has 0 aliphatic carbocycles. The van der Waals surface area contributed by atoms with Crippen molar-refractivity contribution in [1.82, 2.24) is 4.90 Å². The van der Waals surface area contributed by atoms with Gasteiger partial charge in [0.1, 0.15) is 0 Å². The molecule has 0 saturated carbocycles. The first-order valence-corrected chi connectivity index (χ1v) is 11.4. The van der Waals surface area contributed by atoms with E-state index in [1.807, 2.05) is 66.4 Å². The zero-order valence-corrected chi connectivity index (χ0v) is 20.8. The Morgan fingerprint density at radius 1 is 0.857 bits per heavy atom. The third-order valence-electron chi connectivity index (χ3n) is 5.75. The van der Waals surface area contributed by atoms with Crippen LogP contribution in [0.5, 0.6) is 17.2 Å². The van der Waals surface area contributed by atoms with Gasteiger partial charge in [0.15, 0.2) is 11.5 Å². The van der Waals surface area contributed by atoms with Crippen molar-refractivity contribution < 1.29 is 23.8 Å². The fraction of sp³-hybridized carbons (Fsp3) is 0.286. The standard InChI is InChI=1S/C28H32N2O5/c1-19(23-12-9-13-24(17-23)29-20(2)31)30(18-21-10-7-6-8-11-21)27(32)16-22-14-25(33-3)28(35-5)26(15-22)34-4/h6-15,17,19H,16,18H2,1-5H3,(H,29,31). The van der Waals surface area contributed by atoms with Gasteiger partial charge in [-0.05, 0) is 47.9 Å². The van der Waals surface area contributed by atoms with Gasteiger partial charge in [-0.2, -0.15) is 0 Å². The lowest BCUT2D eigenvalue weighted by Gasteiger charge is -2.30. The van der Waals surface area contributed by atoms with Crippen LogP contribution in [0.1, 0.15) is 36.6 Å². The highest BCUT2D eigenvalue weighted by atomic mass is 16.5. The van der Waals surface area contributed by atoms with Crippen LogP contribution in [0.4, 0.5) is 5.69 Å². The summed E-state index contributed by atoms with van der Waals surface area (Å²) in [4.78, 5) is 27.1. The monoisotopic (exact) mass is 476 g/mol. The normalized spacial score (nSPS) is 11.3. The predicted molar refractivity (Wildman–Crippen MR) is 136 cm³/mol. The van der Waals surface area contributed by atoms with Crippen LogP contribution in [-0.2, 0) is 22.6 Å². The van der Waals surface area contributed by atoms with Gasteiger partial charge in [0.05, 0.1) is 33.8 Å². The Hall–Kier alpha value is -4.00. The van der Waals surface area contributed by atoms with Crippen LogP contribution in [0.3, 0.4) is 0 Å². The highest BCUT2D eigenvalue weighted by Gasteiger charge is 2.24. The predicted octanol–water partition coefficient (Wildman–Crippen LogP) is 5.00. The summed E-state index contributed by atoms with van der Waals surface area (Å²) in [6, 6.07) is 20.8. The summed E-state index contributed by atoms with van der Waals surface area (Å²) in [7, 11) is 4.65. The number of carbonyl (C=O) groups is 2. The van der Waals surface area contributed by atoms with Crippen molar-refractivity contribution >= 4 is 17.5 Å². The summed E-state index contributed by atoms with van der Waals surface area (Å²) < 4.78 is 16.3. The first kappa shape index (κ1) is 25.6. The topological polar surface area (TPSA) is 77.1 Å². The minimum atomic E-state index is -0.238. The van der Waals surface area contributed by atoms with Crippen molar-refractivity contribution in [3.8, 4) is 17.2 Å². The fourth-order valence-electron chi connectivity index (χ4n) is 3.99. The van der Waals surface area contributed by atoms with E-state index in [-0.39, 0.29) is 24.3 Å². The molecule has 0 saturated heterocycles. The van der Waals surface area contributed by atoms with Crippen molar-refractivity contribution in [3.63, 3.8) is 0 Å². The Morgan fingerprint density at radius 2 is 1.51 bits per heavy atom. The molecule has 1 atom stereocenters. The van der Waals surface area contributed by atoms with Gasteiger partial charge in [0.25, 0.3) is 0 Å². The zero-order valence-electron chi connectivity index (χ0n) is 20.8. The second-order valence-electron chi connectivity index (χ2n) is 8.20. The van der Waals surface area contributed by atoms with Crippen molar-refractivity contribution in [2.75, 3.05) is 26.6 Å². The molecule has 0 aliphatic heterocycles. The van der Waals surface area contributed by atoms with E-state index >= 15 is 0 Å². The summed E-state index contributed by atoms with van der Waals surface area (Å²) in [6.45, 7) is 3.90. The Balaban J connectivity index is 1.94. The molecule has 7 heteroatoms. The van der Waals surface area contributed by atoms with Crippen LogP contribution in [0.2, 0.25) is 0 Å². The van der Waals surface area contributed by atoms with Gasteiger partial charge in [0, 0.05) is 19.2 Å². The molecule has 1 N–H and O–H groups in total. The average molecular weight is 477 g/mol. The molecule has 0 aliphatic rings. The lowest BCUT2D eigenvalue weighted by Crippen LogP contribution is -2.34. The summed E-state index contributed by atoms with van der Waals surface area (Å²) >= 11 is 0. The Bertz CT molecular complexity index is 1140. The highest BCUT2D eigenvalue weighted by molar-refractivity contribution is 5.88. The first-order chi connectivity index (χ1) is 16.9. The highest BCUT2D eigenvalue weighted by Crippen LogP contribution is 2.38. The number of anilines is 1. The van der Waals surface area contributed by atoms with Crippen molar-refractivity contribution in [1.29, 1.82) is 0 Å². The van der Waals surface area contributed by atoms with Crippen LogP contribution in [-0.4, -0.2) is 38.0 Å². The molecule has 0 fully saturated rings. The largest absolute Gasteiger partial charge is 0.493 e. The SMILES string of the molecule is COc1cc(CC(=O)N(Cc2ccccc2)C(C)c2cccc(NC(C)=O)c2)cc(OC)c1OC. The summed E-state index contributed by atoms with van der Waals surface area (Å²) in [6.07, 6.45) is 0.152. The molecule has 0 bridgehead atoms. The number of nitrogens with zero attached hydrogens (tertiary/aromatic N) is 1. The van der Waals surface area contributed by atoms with Crippen molar-refractivity contribution in [2.24, 2.45) is 0 Å². The molecule has 184 valence electrons. The molecule has 0 heterocycles. The van der Waals surface area contributed by atoms with E-state index in [2.05, 4.69) is 5.32 Å². The van der Waals surface area contributed by atoms with E-state index in [0.29, 0.717) is 29.5 Å². The van der Waals surface area contributed by atoms with Gasteiger partial charge in [-0.15, -0.1) is 0 Å². The van der Waals surface area contributed by atoms with E-state index in [1.54, 1.807) is 33.5 Å². The van der Waals surface area contributed by atoms with Gasteiger partial charge in [0.2, 0.25) is 17.6 Å². The molecule has 0 aromatic heterocycles. The van der Waals surface area contributed by atoms with Gasteiger partial charge < -0.3 is 24.4 Å². The Kier molecular flexibility index (Phi) is 8.73. The third-order valence-corrected chi connectivity index (χ3v) is 5.75. The minimum Gasteiger partial charge on any atom is -0.493 e. The summed E-state index contributed by atoms with van der Waals surface area (Å²) in [5.74, 6) is 1.28. The van der Waals surface area contributed by atoms with Crippen LogP contribution in [0.15, 0.2) is 66.7 Å². The van der Waals surface area contributed by atoms with Gasteiger partial charge >= 0.3 is 0 Å². The van der Waals surface area contributed by atoms with E-state index in [0.717, 1.165) is 16.7 Å². The van der Waals surface area contributed by atoms with E-state index in [9.17, 15) is 9.59 Å². The third kappa shape index (κ3) is 6.53. The van der Waals surface area contributed by atoms with E-state index in [1.165, 1.54) is 6.92 Å². The average Bonchev–Trinajstić information content (AvgIpc) is 2.86. The summed E-state index contributed by atoms with van der Waals surface area (Å²) in [5, 5.41) is 2.81. The van der Waals surface area contributed by atoms with Crippen molar-refractivity contribution in [3.05, 3.63) is 83.4 Å². The van der Waals surface area contributed by atoms with Gasteiger partial charge in [-0.3, -0.25) is 9.59 Å². The van der Waals surface area contributed by atoms with Gasteiger partial charge in [-0.1, -0.05) is 42.5 Å². The van der Waals surface area contributed by atoms with E-state index < -0.39 is 0 Å². The summed E-state index contributed by atoms with van der Waals surface area (Å²) in [5.41, 5.74) is 3.39. The maximum Gasteiger partial charge on any atom is 0.227 e. The number of benzene rings is 3.